The van der Waals surface area contributed by atoms with Crippen LogP contribution in [0.1, 0.15) is 13.8 Å². The molecule has 1 aromatic carbocycles. The molecular formula is C13H17N3O. The van der Waals surface area contributed by atoms with Crippen molar-refractivity contribution in [1.82, 2.24) is 9.78 Å². The number of nitrogens with zero attached hydrogens (tertiary/aromatic N) is 2. The molecule has 0 radical (unpaired) electrons. The molecule has 0 bridgehead atoms. The number of aryl methyl sites for hydroxylation is 1. The van der Waals surface area contributed by atoms with E-state index in [1.165, 1.54) is 0 Å². The molecule has 0 spiro atoms. The Morgan fingerprint density at radius 3 is 2.65 bits per heavy atom. The number of nitrogens with two attached hydrogens (primary N) is 1. The molecule has 4 nitrogen and oxygen atoms in total. The Labute approximate surface area is 101 Å². The molecule has 2 N–H and O–H groups in total. The van der Waals surface area contributed by atoms with Crippen molar-refractivity contribution in [3.63, 3.8) is 0 Å². The van der Waals surface area contributed by atoms with E-state index >= 15 is 0 Å². The molecule has 90 valence electrons. The molecule has 4 heteroatoms. The highest BCUT2D eigenvalue weighted by Gasteiger charge is 2.06. The van der Waals surface area contributed by atoms with E-state index in [2.05, 4.69) is 5.10 Å². The van der Waals surface area contributed by atoms with Gasteiger partial charge in [-0.1, -0.05) is 12.1 Å². The minimum Gasteiger partial charge on any atom is -0.491 e. The zero-order valence-corrected chi connectivity index (χ0v) is 10.3. The van der Waals surface area contributed by atoms with Gasteiger partial charge in [0.05, 0.1) is 11.8 Å². The lowest BCUT2D eigenvalue weighted by Crippen LogP contribution is -2.05. The molecule has 1 heterocycles. The molecule has 0 aliphatic rings. The van der Waals surface area contributed by atoms with Crippen molar-refractivity contribution in [2.45, 2.75) is 20.0 Å². The van der Waals surface area contributed by atoms with Crippen LogP contribution in [0.5, 0.6) is 5.75 Å². The Kier molecular flexibility index (Phi) is 3.04. The van der Waals surface area contributed by atoms with Crippen molar-refractivity contribution in [3.8, 4) is 17.0 Å². The summed E-state index contributed by atoms with van der Waals surface area (Å²) in [5.74, 6) is 1.50. The number of ether oxygens (including phenoxy) is 1. The summed E-state index contributed by atoms with van der Waals surface area (Å²) in [5, 5.41) is 4.34. The van der Waals surface area contributed by atoms with E-state index in [0.717, 1.165) is 17.0 Å². The molecule has 2 aromatic rings. The van der Waals surface area contributed by atoms with Crippen molar-refractivity contribution in [2.75, 3.05) is 5.73 Å². The Morgan fingerprint density at radius 2 is 2.06 bits per heavy atom. The van der Waals surface area contributed by atoms with Crippen molar-refractivity contribution in [1.29, 1.82) is 0 Å². The fraction of sp³-hybridized carbons (Fsp3) is 0.308. The fourth-order valence-electron chi connectivity index (χ4n) is 1.62. The van der Waals surface area contributed by atoms with Gasteiger partial charge in [0, 0.05) is 18.7 Å². The van der Waals surface area contributed by atoms with Crippen molar-refractivity contribution >= 4 is 5.82 Å². The van der Waals surface area contributed by atoms with E-state index in [4.69, 9.17) is 10.5 Å². The first-order valence-corrected chi connectivity index (χ1v) is 5.63. The number of anilines is 1. The summed E-state index contributed by atoms with van der Waals surface area (Å²) in [7, 11) is 1.83. The van der Waals surface area contributed by atoms with Crippen LogP contribution in [0.2, 0.25) is 0 Å². The smallest absolute Gasteiger partial charge is 0.121 e. The van der Waals surface area contributed by atoms with E-state index < -0.39 is 0 Å². The van der Waals surface area contributed by atoms with Gasteiger partial charge in [-0.25, -0.2) is 0 Å². The van der Waals surface area contributed by atoms with Gasteiger partial charge < -0.3 is 10.5 Å². The summed E-state index contributed by atoms with van der Waals surface area (Å²) < 4.78 is 7.31. The largest absolute Gasteiger partial charge is 0.491 e. The number of benzene rings is 1. The number of aromatic nitrogens is 2. The molecule has 0 saturated heterocycles. The Bertz CT molecular complexity index is 498. The maximum atomic E-state index is 5.77. The highest BCUT2D eigenvalue weighted by molar-refractivity contribution is 5.63. The fourth-order valence-corrected chi connectivity index (χ4v) is 1.62. The Balaban J connectivity index is 2.32. The highest BCUT2D eigenvalue weighted by Crippen LogP contribution is 2.24. The SMILES string of the molecule is CC(C)Oc1cccc(-c2cc(N)n(C)n2)c1. The minimum atomic E-state index is 0.166. The second-order valence-electron chi connectivity index (χ2n) is 4.27. The molecular weight excluding hydrogens is 214 g/mol. The molecule has 17 heavy (non-hydrogen) atoms. The molecule has 0 unspecified atom stereocenters. The maximum Gasteiger partial charge on any atom is 0.121 e. The molecule has 0 saturated carbocycles. The topological polar surface area (TPSA) is 53.1 Å². The predicted molar refractivity (Wildman–Crippen MR) is 68.8 cm³/mol. The molecule has 0 amide bonds. The first-order chi connectivity index (χ1) is 8.06. The predicted octanol–water partition coefficient (Wildman–Crippen LogP) is 2.46. The van der Waals surface area contributed by atoms with Crippen LogP contribution < -0.4 is 10.5 Å². The average Bonchev–Trinajstić information content (AvgIpc) is 2.59. The van der Waals surface area contributed by atoms with Crippen LogP contribution in [0.4, 0.5) is 5.82 Å². The number of nitrogen functional groups attached to an aromatic ring is 1. The molecule has 0 aliphatic carbocycles. The summed E-state index contributed by atoms with van der Waals surface area (Å²) in [4.78, 5) is 0. The molecule has 0 fully saturated rings. The highest BCUT2D eigenvalue weighted by atomic mass is 16.5. The van der Waals surface area contributed by atoms with Crippen LogP contribution in [0.15, 0.2) is 30.3 Å². The van der Waals surface area contributed by atoms with Crippen molar-refractivity contribution in [2.24, 2.45) is 7.05 Å². The second-order valence-corrected chi connectivity index (χ2v) is 4.27. The monoisotopic (exact) mass is 231 g/mol. The first-order valence-electron chi connectivity index (χ1n) is 5.63. The van der Waals surface area contributed by atoms with Crippen molar-refractivity contribution in [3.05, 3.63) is 30.3 Å². The van der Waals surface area contributed by atoms with Crippen LogP contribution in [0.3, 0.4) is 0 Å². The summed E-state index contributed by atoms with van der Waals surface area (Å²) in [6.07, 6.45) is 0.166. The van der Waals surface area contributed by atoms with Gasteiger partial charge in [0.25, 0.3) is 0 Å². The first kappa shape index (κ1) is 11.5. The van der Waals surface area contributed by atoms with Gasteiger partial charge in [-0.3, -0.25) is 4.68 Å². The van der Waals surface area contributed by atoms with E-state index in [1.54, 1.807) is 4.68 Å². The number of hydrogen-bond donors (Lipinski definition) is 1. The summed E-state index contributed by atoms with van der Waals surface area (Å²) in [5.41, 5.74) is 7.64. The van der Waals surface area contributed by atoms with Crippen LogP contribution in [-0.2, 0) is 7.05 Å². The van der Waals surface area contributed by atoms with Gasteiger partial charge in [-0.2, -0.15) is 5.10 Å². The van der Waals surface area contributed by atoms with Gasteiger partial charge in [0.2, 0.25) is 0 Å². The number of hydrogen-bond acceptors (Lipinski definition) is 3. The van der Waals surface area contributed by atoms with Crippen molar-refractivity contribution < 1.29 is 4.74 Å². The quantitative estimate of drug-likeness (QED) is 0.882. The number of rotatable bonds is 3. The molecule has 1 aromatic heterocycles. The molecule has 0 aliphatic heterocycles. The third-order valence-corrected chi connectivity index (χ3v) is 2.42. The summed E-state index contributed by atoms with van der Waals surface area (Å²) in [6.45, 7) is 4.01. The Hall–Kier alpha value is -1.97. The van der Waals surface area contributed by atoms with E-state index in [1.807, 2.05) is 51.2 Å². The second kappa shape index (κ2) is 4.49. The Morgan fingerprint density at radius 1 is 1.29 bits per heavy atom. The molecule has 0 atom stereocenters. The zero-order chi connectivity index (χ0) is 12.4. The normalized spacial score (nSPS) is 10.8. The van der Waals surface area contributed by atoms with Crippen LogP contribution in [0.25, 0.3) is 11.3 Å². The van der Waals surface area contributed by atoms with Gasteiger partial charge in [-0.15, -0.1) is 0 Å². The summed E-state index contributed by atoms with van der Waals surface area (Å²) >= 11 is 0. The maximum absolute atomic E-state index is 5.77. The van der Waals surface area contributed by atoms with E-state index in [-0.39, 0.29) is 6.10 Å². The van der Waals surface area contributed by atoms with Crippen LogP contribution in [0, 0.1) is 0 Å². The van der Waals surface area contributed by atoms with E-state index in [9.17, 15) is 0 Å². The third-order valence-electron chi connectivity index (χ3n) is 2.42. The minimum absolute atomic E-state index is 0.166. The third kappa shape index (κ3) is 2.58. The van der Waals surface area contributed by atoms with Gasteiger partial charge >= 0.3 is 0 Å². The van der Waals surface area contributed by atoms with Gasteiger partial charge in [0.1, 0.15) is 11.6 Å². The van der Waals surface area contributed by atoms with Gasteiger partial charge in [0.15, 0.2) is 0 Å². The van der Waals surface area contributed by atoms with Crippen LogP contribution in [-0.4, -0.2) is 15.9 Å². The summed E-state index contributed by atoms with van der Waals surface area (Å²) in [6, 6.07) is 9.72. The lowest BCUT2D eigenvalue weighted by Gasteiger charge is -2.10. The van der Waals surface area contributed by atoms with Crippen LogP contribution >= 0.6 is 0 Å². The average molecular weight is 231 g/mol. The van der Waals surface area contributed by atoms with E-state index in [0.29, 0.717) is 5.82 Å². The standard InChI is InChI=1S/C13H17N3O/c1-9(2)17-11-6-4-5-10(7-11)12-8-13(14)16(3)15-12/h4-9H,14H2,1-3H3. The lowest BCUT2D eigenvalue weighted by molar-refractivity contribution is 0.242. The lowest BCUT2D eigenvalue weighted by atomic mass is 10.1. The molecule has 2 rings (SSSR count). The van der Waals surface area contributed by atoms with Gasteiger partial charge in [-0.05, 0) is 26.0 Å². The zero-order valence-electron chi connectivity index (χ0n) is 10.3.